The zero-order valence-corrected chi connectivity index (χ0v) is 11.2. The lowest BCUT2D eigenvalue weighted by molar-refractivity contribution is 0.549. The number of rotatable bonds is 4. The number of hydrogen-bond donors (Lipinski definition) is 2. The average molecular weight is 268 g/mol. The van der Waals surface area contributed by atoms with Crippen molar-refractivity contribution in [1.29, 1.82) is 0 Å². The quantitative estimate of drug-likeness (QED) is 0.547. The highest BCUT2D eigenvalue weighted by atomic mass is 15.4. The minimum atomic E-state index is -0.0281. The van der Waals surface area contributed by atoms with Crippen LogP contribution in [0.1, 0.15) is 17.3 Å². The normalized spacial score (nSPS) is 12.7. The molecule has 1 atom stereocenters. The number of hydrazine groups is 1. The van der Waals surface area contributed by atoms with Crippen molar-refractivity contribution < 1.29 is 0 Å². The molecule has 3 aromatic rings. The minimum absolute atomic E-state index is 0.0281. The van der Waals surface area contributed by atoms with Crippen LogP contribution < -0.4 is 11.3 Å². The maximum atomic E-state index is 5.73. The molecule has 0 radical (unpaired) electrons. The highest BCUT2D eigenvalue weighted by Gasteiger charge is 2.15. The van der Waals surface area contributed by atoms with E-state index in [4.69, 9.17) is 5.84 Å². The average Bonchev–Trinajstić information content (AvgIpc) is 2.89. The summed E-state index contributed by atoms with van der Waals surface area (Å²) in [6, 6.07) is 10.0. The van der Waals surface area contributed by atoms with Gasteiger partial charge in [-0.05, 0) is 17.7 Å². The first-order valence-electron chi connectivity index (χ1n) is 6.43. The Hall–Kier alpha value is -2.31. The van der Waals surface area contributed by atoms with Gasteiger partial charge in [0.25, 0.3) is 0 Å². The molecule has 0 aliphatic carbocycles. The summed E-state index contributed by atoms with van der Waals surface area (Å²) < 4.78 is 1.69. The first kappa shape index (κ1) is 12.7. The lowest BCUT2D eigenvalue weighted by atomic mass is 9.98. The molecular formula is C14H16N6. The van der Waals surface area contributed by atoms with Crippen molar-refractivity contribution in [1.82, 2.24) is 25.4 Å². The molecule has 0 spiro atoms. The molecule has 0 aliphatic rings. The first-order valence-corrected chi connectivity index (χ1v) is 6.43. The standard InChI is InChI=1S/C14H16N6/c1-20-9-10(18-19-20)8-14(17-15)12-4-2-6-13-11(12)5-3-7-16-13/h2-7,9,14,17H,8,15H2,1H3. The molecule has 0 fully saturated rings. The van der Waals surface area contributed by atoms with Crippen LogP contribution in [0.25, 0.3) is 10.9 Å². The van der Waals surface area contributed by atoms with Gasteiger partial charge in [-0.3, -0.25) is 20.9 Å². The van der Waals surface area contributed by atoms with Crippen LogP contribution in [-0.2, 0) is 13.5 Å². The van der Waals surface area contributed by atoms with Crippen LogP contribution in [0.5, 0.6) is 0 Å². The van der Waals surface area contributed by atoms with Crippen LogP contribution in [0.15, 0.2) is 42.7 Å². The molecule has 3 N–H and O–H groups in total. The van der Waals surface area contributed by atoms with E-state index in [0.717, 1.165) is 22.2 Å². The molecule has 0 saturated heterocycles. The van der Waals surface area contributed by atoms with Gasteiger partial charge in [-0.15, -0.1) is 5.10 Å². The zero-order chi connectivity index (χ0) is 13.9. The predicted octanol–water partition coefficient (Wildman–Crippen LogP) is 1.11. The maximum absolute atomic E-state index is 5.73. The number of nitrogens with zero attached hydrogens (tertiary/aromatic N) is 4. The van der Waals surface area contributed by atoms with E-state index >= 15 is 0 Å². The molecule has 3 rings (SSSR count). The van der Waals surface area contributed by atoms with Crippen molar-refractivity contribution in [2.75, 3.05) is 0 Å². The van der Waals surface area contributed by atoms with Gasteiger partial charge in [0, 0.05) is 31.2 Å². The number of aryl methyl sites for hydroxylation is 1. The Bertz CT molecular complexity index is 715. The summed E-state index contributed by atoms with van der Waals surface area (Å²) in [6.45, 7) is 0. The van der Waals surface area contributed by atoms with Gasteiger partial charge in [0.2, 0.25) is 0 Å². The van der Waals surface area contributed by atoms with Crippen LogP contribution in [0.2, 0.25) is 0 Å². The van der Waals surface area contributed by atoms with Crippen LogP contribution in [0, 0.1) is 0 Å². The van der Waals surface area contributed by atoms with Crippen molar-refractivity contribution in [2.24, 2.45) is 12.9 Å². The van der Waals surface area contributed by atoms with E-state index in [-0.39, 0.29) is 6.04 Å². The zero-order valence-electron chi connectivity index (χ0n) is 11.2. The van der Waals surface area contributed by atoms with E-state index < -0.39 is 0 Å². The molecule has 0 bridgehead atoms. The van der Waals surface area contributed by atoms with E-state index in [1.807, 2.05) is 31.4 Å². The Labute approximate surface area is 116 Å². The first-order chi connectivity index (χ1) is 9.78. The molecule has 20 heavy (non-hydrogen) atoms. The van der Waals surface area contributed by atoms with E-state index in [9.17, 15) is 0 Å². The molecule has 0 amide bonds. The molecule has 2 aromatic heterocycles. The molecule has 2 heterocycles. The van der Waals surface area contributed by atoms with Crippen LogP contribution in [0.3, 0.4) is 0 Å². The number of hydrogen-bond acceptors (Lipinski definition) is 5. The largest absolute Gasteiger partial charge is 0.271 e. The Morgan fingerprint density at radius 2 is 2.20 bits per heavy atom. The number of pyridine rings is 1. The SMILES string of the molecule is Cn1cc(CC(NN)c2cccc3ncccc23)nn1. The summed E-state index contributed by atoms with van der Waals surface area (Å²) in [5, 5.41) is 9.16. The van der Waals surface area contributed by atoms with Crippen molar-refractivity contribution in [3.8, 4) is 0 Å². The summed E-state index contributed by atoms with van der Waals surface area (Å²) >= 11 is 0. The summed E-state index contributed by atoms with van der Waals surface area (Å²) in [5.74, 6) is 5.73. The molecule has 6 heteroatoms. The van der Waals surface area contributed by atoms with Crippen LogP contribution in [-0.4, -0.2) is 20.0 Å². The topological polar surface area (TPSA) is 81.7 Å². The van der Waals surface area contributed by atoms with Gasteiger partial charge in [0.1, 0.15) is 0 Å². The molecule has 6 nitrogen and oxygen atoms in total. The Morgan fingerprint density at radius 1 is 1.30 bits per heavy atom. The van der Waals surface area contributed by atoms with Gasteiger partial charge < -0.3 is 0 Å². The fourth-order valence-electron chi connectivity index (χ4n) is 2.39. The van der Waals surface area contributed by atoms with Crippen LogP contribution in [0.4, 0.5) is 0 Å². The van der Waals surface area contributed by atoms with Gasteiger partial charge in [-0.25, -0.2) is 0 Å². The number of benzene rings is 1. The summed E-state index contributed by atoms with van der Waals surface area (Å²) in [7, 11) is 1.85. The monoisotopic (exact) mass is 268 g/mol. The van der Waals surface area contributed by atoms with Gasteiger partial charge >= 0.3 is 0 Å². The summed E-state index contributed by atoms with van der Waals surface area (Å²) in [5.41, 5.74) is 5.84. The fraction of sp³-hybridized carbons (Fsp3) is 0.214. The number of fused-ring (bicyclic) bond motifs is 1. The molecule has 0 saturated carbocycles. The van der Waals surface area contributed by atoms with Crippen molar-refractivity contribution in [3.05, 3.63) is 54.0 Å². The van der Waals surface area contributed by atoms with Crippen molar-refractivity contribution in [2.45, 2.75) is 12.5 Å². The second kappa shape index (κ2) is 5.36. The van der Waals surface area contributed by atoms with E-state index in [2.05, 4.69) is 32.9 Å². The number of nitrogens with one attached hydrogen (secondary N) is 1. The van der Waals surface area contributed by atoms with Crippen molar-refractivity contribution in [3.63, 3.8) is 0 Å². The lowest BCUT2D eigenvalue weighted by Crippen LogP contribution is -2.29. The number of aromatic nitrogens is 4. The molecule has 102 valence electrons. The van der Waals surface area contributed by atoms with E-state index in [0.29, 0.717) is 6.42 Å². The second-order valence-electron chi connectivity index (χ2n) is 4.72. The van der Waals surface area contributed by atoms with Gasteiger partial charge in [0.15, 0.2) is 0 Å². The Kier molecular flexibility index (Phi) is 3.41. The number of nitrogens with two attached hydrogens (primary N) is 1. The smallest absolute Gasteiger partial charge is 0.0846 e. The second-order valence-corrected chi connectivity index (χ2v) is 4.72. The van der Waals surface area contributed by atoms with Gasteiger partial charge in [0.05, 0.1) is 17.3 Å². The van der Waals surface area contributed by atoms with Crippen LogP contribution >= 0.6 is 0 Å². The molecule has 1 aromatic carbocycles. The third kappa shape index (κ3) is 2.38. The van der Waals surface area contributed by atoms with Gasteiger partial charge in [-0.2, -0.15) is 0 Å². The van der Waals surface area contributed by atoms with Crippen molar-refractivity contribution >= 4 is 10.9 Å². The minimum Gasteiger partial charge on any atom is -0.271 e. The Balaban J connectivity index is 1.98. The molecule has 0 aliphatic heterocycles. The summed E-state index contributed by atoms with van der Waals surface area (Å²) in [6.07, 6.45) is 4.37. The van der Waals surface area contributed by atoms with Gasteiger partial charge in [-0.1, -0.05) is 23.4 Å². The fourth-order valence-corrected chi connectivity index (χ4v) is 2.39. The third-order valence-electron chi connectivity index (χ3n) is 3.32. The third-order valence-corrected chi connectivity index (χ3v) is 3.32. The Morgan fingerprint density at radius 3 is 2.95 bits per heavy atom. The van der Waals surface area contributed by atoms with E-state index in [1.165, 1.54) is 0 Å². The predicted molar refractivity (Wildman–Crippen MR) is 76.5 cm³/mol. The summed E-state index contributed by atoms with van der Waals surface area (Å²) in [4.78, 5) is 4.37. The highest BCUT2D eigenvalue weighted by Crippen LogP contribution is 2.24. The lowest BCUT2D eigenvalue weighted by Gasteiger charge is -2.16. The highest BCUT2D eigenvalue weighted by molar-refractivity contribution is 5.82. The van der Waals surface area contributed by atoms with E-state index in [1.54, 1.807) is 10.9 Å². The maximum Gasteiger partial charge on any atom is 0.0846 e. The molecule has 1 unspecified atom stereocenters. The molecular weight excluding hydrogens is 252 g/mol.